The van der Waals surface area contributed by atoms with E-state index in [2.05, 4.69) is 21.6 Å². The molecule has 1 amide bonds. The highest BCUT2D eigenvalue weighted by atomic mass is 19.1. The van der Waals surface area contributed by atoms with Crippen LogP contribution in [-0.2, 0) is 28.5 Å². The van der Waals surface area contributed by atoms with Crippen LogP contribution in [0, 0.1) is 11.7 Å². The summed E-state index contributed by atoms with van der Waals surface area (Å²) in [6.07, 6.45) is 3.22. The molecule has 1 aromatic heterocycles. The number of aliphatic hydroxyl groups is 1. The first kappa shape index (κ1) is 26.3. The van der Waals surface area contributed by atoms with E-state index in [1.165, 1.54) is 17.0 Å². The second-order valence-corrected chi connectivity index (χ2v) is 11.4. The van der Waals surface area contributed by atoms with Crippen LogP contribution in [0.25, 0.3) is 10.9 Å². The summed E-state index contributed by atoms with van der Waals surface area (Å²) in [6, 6.07) is 12.6. The Morgan fingerprint density at radius 3 is 2.62 bits per heavy atom. The first-order valence-electron chi connectivity index (χ1n) is 14.1. The molecule has 2 saturated heterocycles. The summed E-state index contributed by atoms with van der Waals surface area (Å²) < 4.78 is 27.1. The molecule has 3 aliphatic heterocycles. The fraction of sp³-hybridized carbons (Fsp3) is 0.516. The Kier molecular flexibility index (Phi) is 7.12. The second-order valence-electron chi connectivity index (χ2n) is 11.4. The number of amides is 1. The number of fused-ring (bicyclic) bond motifs is 4. The van der Waals surface area contributed by atoms with Gasteiger partial charge in [-0.15, -0.1) is 0 Å². The van der Waals surface area contributed by atoms with Crippen LogP contribution in [0.15, 0.2) is 42.5 Å². The van der Waals surface area contributed by atoms with Crippen molar-refractivity contribution in [3.8, 4) is 5.75 Å². The number of hydrogen-bond donors (Lipinski definition) is 1. The van der Waals surface area contributed by atoms with Crippen LogP contribution in [0.3, 0.4) is 0 Å². The number of nitrogens with zero attached hydrogens (tertiary/aromatic N) is 3. The maximum Gasteiger partial charge on any atom is 0.226 e. The summed E-state index contributed by atoms with van der Waals surface area (Å²) in [7, 11) is 3.71. The first-order valence-corrected chi connectivity index (χ1v) is 14.1. The molecule has 0 bridgehead atoms. The fourth-order valence-corrected chi connectivity index (χ4v) is 7.21. The maximum absolute atomic E-state index is 14.0. The summed E-state index contributed by atoms with van der Waals surface area (Å²) in [5.74, 6) is 0.637. The van der Waals surface area contributed by atoms with Gasteiger partial charge in [-0.1, -0.05) is 12.1 Å². The summed E-state index contributed by atoms with van der Waals surface area (Å²) in [6.45, 7) is 4.10. The number of methoxy groups -OCH3 is 1. The molecular weight excluding hydrogens is 497 g/mol. The van der Waals surface area contributed by atoms with Crippen molar-refractivity contribution in [3.05, 3.63) is 65.1 Å². The molecule has 1 atom stereocenters. The number of benzene rings is 2. The Bertz CT molecular complexity index is 1360. The Morgan fingerprint density at radius 2 is 1.92 bits per heavy atom. The minimum Gasteiger partial charge on any atom is -0.497 e. The topological polar surface area (TPSA) is 67.2 Å². The molecule has 7 nitrogen and oxygen atoms in total. The summed E-state index contributed by atoms with van der Waals surface area (Å²) >= 11 is 0. The van der Waals surface area contributed by atoms with E-state index in [1.807, 2.05) is 24.1 Å². The van der Waals surface area contributed by atoms with Crippen molar-refractivity contribution in [2.75, 3.05) is 46.6 Å². The van der Waals surface area contributed by atoms with Crippen LogP contribution in [0.1, 0.15) is 48.5 Å². The minimum absolute atomic E-state index is 0.0748. The SMILES string of the molecule is COc1ccc2c3c(n(C)c2c1)[C@@H](CO)N(C(=O)C1CCOCC1)CC31CCN(Cc2cccc(F)c2)CC1. The largest absolute Gasteiger partial charge is 0.497 e. The third kappa shape index (κ3) is 4.62. The van der Waals surface area contributed by atoms with Gasteiger partial charge in [-0.2, -0.15) is 0 Å². The highest BCUT2D eigenvalue weighted by molar-refractivity contribution is 5.90. The molecule has 2 fully saturated rings. The number of ether oxygens (including phenoxy) is 2. The molecule has 39 heavy (non-hydrogen) atoms. The van der Waals surface area contributed by atoms with Crippen LogP contribution in [0.4, 0.5) is 4.39 Å². The van der Waals surface area contributed by atoms with Gasteiger partial charge in [0.25, 0.3) is 0 Å². The molecule has 6 rings (SSSR count). The van der Waals surface area contributed by atoms with Gasteiger partial charge in [-0.05, 0) is 74.2 Å². The van der Waals surface area contributed by atoms with E-state index in [1.54, 1.807) is 19.2 Å². The van der Waals surface area contributed by atoms with Gasteiger partial charge in [-0.3, -0.25) is 9.69 Å². The molecule has 2 aromatic carbocycles. The molecule has 0 aliphatic carbocycles. The number of rotatable bonds is 5. The molecule has 0 saturated carbocycles. The van der Waals surface area contributed by atoms with Crippen molar-refractivity contribution in [2.24, 2.45) is 13.0 Å². The number of hydrogen-bond acceptors (Lipinski definition) is 5. The Labute approximate surface area is 229 Å². The lowest BCUT2D eigenvalue weighted by molar-refractivity contribution is -0.145. The van der Waals surface area contributed by atoms with E-state index in [0.717, 1.165) is 61.3 Å². The van der Waals surface area contributed by atoms with E-state index < -0.39 is 6.04 Å². The number of carbonyl (C=O) groups excluding carboxylic acids is 1. The quantitative estimate of drug-likeness (QED) is 0.532. The van der Waals surface area contributed by atoms with Gasteiger partial charge in [-0.25, -0.2) is 4.39 Å². The van der Waals surface area contributed by atoms with Crippen molar-refractivity contribution in [3.63, 3.8) is 0 Å². The molecule has 3 aliphatic rings. The number of aliphatic hydroxyl groups excluding tert-OH is 1. The lowest BCUT2D eigenvalue weighted by Gasteiger charge is -2.51. The van der Waals surface area contributed by atoms with Gasteiger partial charge < -0.3 is 24.0 Å². The number of halogens is 1. The van der Waals surface area contributed by atoms with Crippen LogP contribution in [0.2, 0.25) is 0 Å². The monoisotopic (exact) mass is 535 g/mol. The number of aromatic nitrogens is 1. The number of likely N-dealkylation sites (tertiary alicyclic amines) is 1. The molecule has 4 heterocycles. The zero-order valence-corrected chi connectivity index (χ0v) is 22.9. The average Bonchev–Trinajstić information content (AvgIpc) is 3.27. The lowest BCUT2D eigenvalue weighted by atomic mass is 9.68. The maximum atomic E-state index is 14.0. The van der Waals surface area contributed by atoms with Gasteiger partial charge in [0.1, 0.15) is 11.6 Å². The zero-order chi connectivity index (χ0) is 27.1. The molecule has 208 valence electrons. The zero-order valence-electron chi connectivity index (χ0n) is 22.9. The predicted molar refractivity (Wildman–Crippen MR) is 147 cm³/mol. The Balaban J connectivity index is 1.39. The van der Waals surface area contributed by atoms with E-state index in [9.17, 15) is 14.3 Å². The van der Waals surface area contributed by atoms with Crippen molar-refractivity contribution in [1.82, 2.24) is 14.4 Å². The lowest BCUT2D eigenvalue weighted by Crippen LogP contribution is -2.56. The standard InChI is InChI=1S/C31H38FN3O4/c1-33-26-17-24(38-2)6-7-25(26)28-29(33)27(19-36)35(30(37)22-8-14-39-15-9-22)20-31(28)10-12-34(13-11-31)18-21-4-3-5-23(32)16-21/h3-7,16-17,22,27,36H,8-15,18-20H2,1-2H3/t27-/m1/s1. The Hall–Kier alpha value is -2.94. The third-order valence-corrected chi connectivity index (χ3v) is 9.28. The molecule has 1 N–H and O–H groups in total. The second kappa shape index (κ2) is 10.6. The molecular formula is C31H38FN3O4. The van der Waals surface area contributed by atoms with E-state index in [0.29, 0.717) is 26.3 Å². The third-order valence-electron chi connectivity index (χ3n) is 9.28. The molecule has 8 heteroatoms. The van der Waals surface area contributed by atoms with E-state index >= 15 is 0 Å². The predicted octanol–water partition coefficient (Wildman–Crippen LogP) is 4.16. The van der Waals surface area contributed by atoms with Gasteiger partial charge in [0, 0.05) is 61.8 Å². The minimum atomic E-state index is -0.394. The van der Waals surface area contributed by atoms with Crippen LogP contribution >= 0.6 is 0 Å². The smallest absolute Gasteiger partial charge is 0.226 e. The van der Waals surface area contributed by atoms with E-state index in [4.69, 9.17) is 9.47 Å². The summed E-state index contributed by atoms with van der Waals surface area (Å²) in [4.78, 5) is 18.4. The van der Waals surface area contributed by atoms with Gasteiger partial charge in [0.2, 0.25) is 5.91 Å². The van der Waals surface area contributed by atoms with Gasteiger partial charge >= 0.3 is 0 Å². The number of piperidine rings is 1. The first-order chi connectivity index (χ1) is 18.9. The normalized spacial score (nSPS) is 21.8. The van der Waals surface area contributed by atoms with E-state index in [-0.39, 0.29) is 29.7 Å². The number of carbonyl (C=O) groups is 1. The summed E-state index contributed by atoms with van der Waals surface area (Å²) in [5.41, 5.74) is 4.10. The van der Waals surface area contributed by atoms with Crippen molar-refractivity contribution < 1.29 is 23.8 Å². The number of aryl methyl sites for hydroxylation is 1. The highest BCUT2D eigenvalue weighted by Crippen LogP contribution is 2.50. The van der Waals surface area contributed by atoms with Crippen LogP contribution in [-0.4, -0.2) is 71.9 Å². The van der Waals surface area contributed by atoms with Gasteiger partial charge in [0.05, 0.1) is 25.3 Å². The molecule has 1 spiro atoms. The fourth-order valence-electron chi connectivity index (χ4n) is 7.21. The van der Waals surface area contributed by atoms with Crippen molar-refractivity contribution in [2.45, 2.75) is 43.7 Å². The van der Waals surface area contributed by atoms with Gasteiger partial charge in [0.15, 0.2) is 0 Å². The Morgan fingerprint density at radius 1 is 1.15 bits per heavy atom. The van der Waals surface area contributed by atoms with Crippen molar-refractivity contribution >= 4 is 16.8 Å². The summed E-state index contributed by atoms with van der Waals surface area (Å²) in [5, 5.41) is 11.9. The van der Waals surface area contributed by atoms with Crippen LogP contribution < -0.4 is 4.74 Å². The molecule has 0 unspecified atom stereocenters. The van der Waals surface area contributed by atoms with Crippen LogP contribution in [0.5, 0.6) is 5.75 Å². The average molecular weight is 536 g/mol. The highest BCUT2D eigenvalue weighted by Gasteiger charge is 2.50. The molecule has 0 radical (unpaired) electrons. The molecule has 3 aromatic rings. The van der Waals surface area contributed by atoms with Crippen molar-refractivity contribution in [1.29, 1.82) is 0 Å².